The van der Waals surface area contributed by atoms with E-state index in [0.717, 1.165) is 22.3 Å². The Morgan fingerprint density at radius 1 is 1.02 bits per heavy atom. The zero-order valence-corrected chi connectivity index (χ0v) is 28.3. The Bertz CT molecular complexity index is 2050. The van der Waals surface area contributed by atoms with Crippen LogP contribution in [0.3, 0.4) is 0 Å². The lowest BCUT2D eigenvalue weighted by atomic mass is 9.77. The van der Waals surface area contributed by atoms with E-state index in [2.05, 4.69) is 26.3 Å². The molecule has 0 radical (unpaired) electrons. The van der Waals surface area contributed by atoms with Gasteiger partial charge in [-0.2, -0.15) is 4.98 Å². The highest BCUT2D eigenvalue weighted by Gasteiger charge is 2.44. The average molecular weight is 690 g/mol. The van der Waals surface area contributed by atoms with Crippen molar-refractivity contribution >= 4 is 23.0 Å². The fraction of sp³-hybridized carbons (Fsp3) is 0.282. The number of ether oxygens (including phenoxy) is 4. The van der Waals surface area contributed by atoms with Gasteiger partial charge in [0.1, 0.15) is 17.9 Å². The number of methoxy groups -OCH3 is 2. The fourth-order valence-corrected chi connectivity index (χ4v) is 6.74. The number of amides is 1. The minimum absolute atomic E-state index is 0.0103. The maximum absolute atomic E-state index is 12.9. The predicted molar refractivity (Wildman–Crippen MR) is 190 cm³/mol. The number of nitrogens with one attached hydrogen (secondary N) is 2. The summed E-state index contributed by atoms with van der Waals surface area (Å²) in [6.45, 7) is 0.0216. The second-order valence-corrected chi connectivity index (χ2v) is 12.5. The number of benzene rings is 3. The van der Waals surface area contributed by atoms with Gasteiger partial charge in [-0.15, -0.1) is 0 Å². The van der Waals surface area contributed by atoms with Crippen LogP contribution in [0.25, 0.3) is 11.2 Å². The smallest absolute Gasteiger partial charge is 0.280 e. The Kier molecular flexibility index (Phi) is 9.76. The largest absolute Gasteiger partial charge is 0.390 e. The SMILES string of the molecule is COC1(OC)C=CC(C(OC[C@H]2O[C@@H](n3cnc4c(=O)[nH]c(NC(=O)Cc5ccccc5)nc43)C[C@@H]2O)(c2ccccc2)c2ccccc2)=CC1. The molecule has 1 fully saturated rings. The molecule has 0 saturated carbocycles. The zero-order chi connectivity index (χ0) is 35.4. The molecule has 1 aliphatic heterocycles. The molecule has 1 aliphatic carbocycles. The quantitative estimate of drug-likeness (QED) is 0.157. The number of imidazole rings is 1. The summed E-state index contributed by atoms with van der Waals surface area (Å²) in [6.07, 6.45) is 5.77. The molecule has 7 rings (SSSR count). The highest BCUT2D eigenvalue weighted by atomic mass is 16.7. The van der Waals surface area contributed by atoms with Crippen LogP contribution >= 0.6 is 0 Å². The highest BCUT2D eigenvalue weighted by Crippen LogP contribution is 2.45. The number of fused-ring (bicyclic) bond motifs is 1. The molecule has 0 spiro atoms. The number of hydrogen-bond donors (Lipinski definition) is 3. The summed E-state index contributed by atoms with van der Waals surface area (Å²) in [7, 11) is 3.22. The van der Waals surface area contributed by atoms with Crippen molar-refractivity contribution in [3.63, 3.8) is 0 Å². The van der Waals surface area contributed by atoms with Gasteiger partial charge < -0.3 is 24.1 Å². The van der Waals surface area contributed by atoms with Gasteiger partial charge in [-0.25, -0.2) is 4.98 Å². The number of hydrogen-bond acceptors (Lipinski definition) is 9. The summed E-state index contributed by atoms with van der Waals surface area (Å²) in [4.78, 5) is 37.1. The van der Waals surface area contributed by atoms with E-state index in [4.69, 9.17) is 18.9 Å². The van der Waals surface area contributed by atoms with Crippen molar-refractivity contribution in [2.75, 3.05) is 26.1 Å². The Balaban J connectivity index is 1.16. The normalized spacial score (nSPS) is 20.0. The molecule has 3 heterocycles. The van der Waals surface area contributed by atoms with Crippen molar-refractivity contribution in [3.8, 4) is 0 Å². The van der Waals surface area contributed by atoms with Crippen molar-refractivity contribution < 1.29 is 28.8 Å². The van der Waals surface area contributed by atoms with Gasteiger partial charge in [-0.05, 0) is 28.3 Å². The van der Waals surface area contributed by atoms with E-state index in [0.29, 0.717) is 6.42 Å². The van der Waals surface area contributed by atoms with E-state index < -0.39 is 35.4 Å². The molecule has 1 saturated heterocycles. The number of carbonyl (C=O) groups is 1. The Labute approximate surface area is 294 Å². The molecule has 12 heteroatoms. The summed E-state index contributed by atoms with van der Waals surface area (Å²) in [5.41, 5.74) is 2.20. The summed E-state index contributed by atoms with van der Waals surface area (Å²) in [5, 5.41) is 14.0. The lowest BCUT2D eigenvalue weighted by molar-refractivity contribution is -0.168. The number of aliphatic hydroxyl groups excluding tert-OH is 1. The molecule has 2 aromatic heterocycles. The van der Waals surface area contributed by atoms with Crippen LogP contribution in [0.2, 0.25) is 0 Å². The lowest BCUT2D eigenvalue weighted by Gasteiger charge is -2.40. The number of aromatic amines is 1. The first kappa shape index (κ1) is 34.2. The fourth-order valence-electron chi connectivity index (χ4n) is 6.74. The molecule has 2 aliphatic rings. The molecule has 12 nitrogen and oxygen atoms in total. The summed E-state index contributed by atoms with van der Waals surface area (Å²) < 4.78 is 26.4. The van der Waals surface area contributed by atoms with Crippen molar-refractivity contribution in [3.05, 3.63) is 148 Å². The molecule has 3 N–H and O–H groups in total. The first-order valence-electron chi connectivity index (χ1n) is 16.7. The summed E-state index contributed by atoms with van der Waals surface area (Å²) in [6, 6.07) is 29.1. The van der Waals surface area contributed by atoms with Crippen molar-refractivity contribution in [2.24, 2.45) is 0 Å². The van der Waals surface area contributed by atoms with Crippen molar-refractivity contribution in [1.82, 2.24) is 19.5 Å². The molecule has 0 unspecified atom stereocenters. The zero-order valence-electron chi connectivity index (χ0n) is 28.3. The van der Waals surface area contributed by atoms with Gasteiger partial charge >= 0.3 is 0 Å². The van der Waals surface area contributed by atoms with E-state index in [-0.39, 0.29) is 42.5 Å². The van der Waals surface area contributed by atoms with Crippen molar-refractivity contribution in [2.45, 2.75) is 49.1 Å². The van der Waals surface area contributed by atoms with Gasteiger partial charge in [0, 0.05) is 27.1 Å². The van der Waals surface area contributed by atoms with Crippen LogP contribution in [0.5, 0.6) is 0 Å². The van der Waals surface area contributed by atoms with E-state index in [1.807, 2.05) is 103 Å². The molecule has 3 aromatic carbocycles. The molecule has 1 amide bonds. The number of H-pyrrole nitrogens is 1. The van der Waals surface area contributed by atoms with Crippen LogP contribution in [0, 0.1) is 0 Å². The number of anilines is 1. The second-order valence-electron chi connectivity index (χ2n) is 12.5. The predicted octanol–water partition coefficient (Wildman–Crippen LogP) is 4.79. The minimum atomic E-state index is -1.07. The van der Waals surface area contributed by atoms with Crippen molar-refractivity contribution in [1.29, 1.82) is 0 Å². The van der Waals surface area contributed by atoms with Crippen LogP contribution in [0.4, 0.5) is 5.95 Å². The van der Waals surface area contributed by atoms with Gasteiger partial charge in [0.25, 0.3) is 5.56 Å². The molecule has 0 bridgehead atoms. The Morgan fingerprint density at radius 3 is 2.27 bits per heavy atom. The van der Waals surface area contributed by atoms with Gasteiger partial charge in [-0.1, -0.05) is 103 Å². The number of nitrogens with zero attached hydrogens (tertiary/aromatic N) is 3. The topological polar surface area (TPSA) is 150 Å². The number of rotatable bonds is 12. The van der Waals surface area contributed by atoms with Gasteiger partial charge in [-0.3, -0.25) is 24.5 Å². The minimum Gasteiger partial charge on any atom is -0.390 e. The van der Waals surface area contributed by atoms with E-state index >= 15 is 0 Å². The number of carbonyl (C=O) groups excluding carboxylic acids is 1. The third-order valence-electron chi connectivity index (χ3n) is 9.46. The van der Waals surface area contributed by atoms with Gasteiger partial charge in [0.2, 0.25) is 11.9 Å². The van der Waals surface area contributed by atoms with Crippen LogP contribution in [0.15, 0.2) is 126 Å². The third kappa shape index (κ3) is 6.79. The first-order valence-corrected chi connectivity index (χ1v) is 16.7. The van der Waals surface area contributed by atoms with Crippen LogP contribution in [-0.4, -0.2) is 69.4 Å². The molecular formula is C39H39N5O7. The maximum atomic E-state index is 12.9. The van der Waals surface area contributed by atoms with Gasteiger partial charge in [0.05, 0.1) is 25.5 Å². The van der Waals surface area contributed by atoms with Crippen LogP contribution in [-0.2, 0) is 35.8 Å². The lowest BCUT2D eigenvalue weighted by Crippen LogP contribution is -2.40. The molecule has 3 atom stereocenters. The van der Waals surface area contributed by atoms with E-state index in [1.165, 1.54) is 6.33 Å². The third-order valence-corrected chi connectivity index (χ3v) is 9.46. The molecular weight excluding hydrogens is 650 g/mol. The maximum Gasteiger partial charge on any atom is 0.280 e. The average Bonchev–Trinajstić information content (AvgIpc) is 3.76. The number of aliphatic hydroxyl groups is 1. The van der Waals surface area contributed by atoms with Gasteiger partial charge in [0.15, 0.2) is 17.0 Å². The molecule has 51 heavy (non-hydrogen) atoms. The highest BCUT2D eigenvalue weighted by molar-refractivity contribution is 5.91. The summed E-state index contributed by atoms with van der Waals surface area (Å²) >= 11 is 0. The van der Waals surface area contributed by atoms with Crippen LogP contribution < -0.4 is 10.9 Å². The monoisotopic (exact) mass is 689 g/mol. The number of aromatic nitrogens is 4. The first-order chi connectivity index (χ1) is 24.8. The second kappa shape index (κ2) is 14.5. The molecule has 5 aromatic rings. The van der Waals surface area contributed by atoms with Crippen LogP contribution in [0.1, 0.15) is 35.8 Å². The standard InChI is InChI=1S/C39H39N5O7/c1-48-38(49-2)20-18-29(19-21-38)39(27-14-8-4-9-15-27,28-16-10-5-11-17-28)50-24-31-30(45)23-33(51-31)44-25-40-34-35(44)42-37(43-36(34)47)41-32(46)22-26-12-6-3-7-13-26/h3-20,25,30-31,33,45H,21-24H2,1-2H3,(H2,41,42,43,46,47)/t30-,31+,33+/m0/s1. The van der Waals surface area contributed by atoms with E-state index in [9.17, 15) is 14.7 Å². The Morgan fingerprint density at radius 2 is 1.67 bits per heavy atom. The Hall–Kier alpha value is -5.24. The van der Waals surface area contributed by atoms with E-state index in [1.54, 1.807) is 18.8 Å². The summed E-state index contributed by atoms with van der Waals surface area (Å²) in [5.74, 6) is -1.24. The molecule has 262 valence electrons.